The zero-order chi connectivity index (χ0) is 15.1. The van der Waals surface area contributed by atoms with Crippen LogP contribution in [-0.4, -0.2) is 37.7 Å². The molecule has 0 spiro atoms. The van der Waals surface area contributed by atoms with Gasteiger partial charge in [-0.1, -0.05) is 0 Å². The van der Waals surface area contributed by atoms with E-state index in [9.17, 15) is 4.79 Å². The Bertz CT molecular complexity index is 691. The third kappa shape index (κ3) is 1.88. The van der Waals surface area contributed by atoms with Gasteiger partial charge in [0.2, 0.25) is 5.95 Å². The van der Waals surface area contributed by atoms with Crippen molar-refractivity contribution in [2.45, 2.75) is 6.73 Å². The lowest BCUT2D eigenvalue weighted by Gasteiger charge is -2.03. The van der Waals surface area contributed by atoms with Crippen LogP contribution in [0.15, 0.2) is 11.1 Å². The van der Waals surface area contributed by atoms with Crippen molar-refractivity contribution in [3.63, 3.8) is 0 Å². The molecule has 0 saturated heterocycles. The van der Waals surface area contributed by atoms with Gasteiger partial charge in [-0.15, -0.1) is 0 Å². The molecule has 0 bridgehead atoms. The van der Waals surface area contributed by atoms with Crippen LogP contribution in [-0.2, 0) is 11.5 Å². The molecule has 2 heterocycles. The fraction of sp³-hybridized carbons (Fsp3) is 0.375. The Kier molecular flexibility index (Phi) is 1.77. The minimum atomic E-state index is -3.19. The van der Waals surface area contributed by atoms with Crippen LogP contribution in [0, 0.1) is 0 Å². The molecule has 0 unspecified atom stereocenters. The van der Waals surface area contributed by atoms with Gasteiger partial charge in [-0.2, -0.15) is 4.98 Å². The number of anilines is 1. The Morgan fingerprint density at radius 3 is 3.31 bits per heavy atom. The van der Waals surface area contributed by atoms with Crippen LogP contribution in [0.5, 0.6) is 0 Å². The summed E-state index contributed by atoms with van der Waals surface area (Å²) < 4.78 is 34.1. The molecule has 2 aromatic rings. The monoisotopic (exact) mass is 229 g/mol. The number of rotatable bonds is 4. The highest BCUT2D eigenvalue weighted by atomic mass is 16.5. The van der Waals surface area contributed by atoms with E-state index >= 15 is 0 Å². The number of fused-ring (bicyclic) bond motifs is 1. The maximum absolute atomic E-state index is 11.5. The van der Waals surface area contributed by atoms with Gasteiger partial charge in [0.25, 0.3) is 5.56 Å². The van der Waals surface area contributed by atoms with Crippen molar-refractivity contribution >= 4 is 17.1 Å². The van der Waals surface area contributed by atoms with E-state index in [1.165, 1.54) is 0 Å². The average Bonchev–Trinajstić information content (AvgIpc) is 2.68. The normalized spacial score (nSPS) is 16.6. The number of nitrogen functional groups attached to an aromatic ring is 1. The maximum atomic E-state index is 11.5. The molecule has 2 aromatic heterocycles. The average molecular weight is 229 g/mol. The predicted octanol–water partition coefficient (Wildman–Crippen LogP) is -1.33. The minimum absolute atomic E-state index is 0.0182. The minimum Gasteiger partial charge on any atom is -0.394 e. The lowest BCUT2D eigenvalue weighted by Crippen LogP contribution is -2.13. The van der Waals surface area contributed by atoms with E-state index in [1.807, 2.05) is 0 Å². The molecule has 4 N–H and O–H groups in total. The molecule has 0 aliphatic rings. The predicted molar refractivity (Wildman–Crippen MR) is 55.6 cm³/mol. The highest BCUT2D eigenvalue weighted by Gasteiger charge is 2.08. The van der Waals surface area contributed by atoms with Gasteiger partial charge in [-0.25, -0.2) is 4.98 Å². The summed E-state index contributed by atoms with van der Waals surface area (Å²) in [6.45, 7) is -6.65. The highest BCUT2D eigenvalue weighted by Crippen LogP contribution is 2.05. The zero-order valence-electron chi connectivity index (χ0n) is 12.0. The SMILES string of the molecule is [2H]C([2H])(O)C([2H])([2H])OCn1cnc2c(=O)[nH]c(N)nc21. The molecule has 0 aliphatic heterocycles. The van der Waals surface area contributed by atoms with Gasteiger partial charge in [-0.05, 0) is 0 Å². The van der Waals surface area contributed by atoms with Crippen molar-refractivity contribution < 1.29 is 15.3 Å². The Labute approximate surface area is 95.3 Å². The second-order valence-corrected chi connectivity index (χ2v) is 2.83. The third-order valence-electron chi connectivity index (χ3n) is 1.81. The van der Waals surface area contributed by atoms with E-state index in [2.05, 4.69) is 19.7 Å². The highest BCUT2D eigenvalue weighted by molar-refractivity contribution is 5.70. The van der Waals surface area contributed by atoms with E-state index in [-0.39, 0.29) is 17.1 Å². The molecular formula is C8H11N5O3. The second-order valence-electron chi connectivity index (χ2n) is 2.83. The Balaban J connectivity index is 2.30. The number of hydrogen-bond acceptors (Lipinski definition) is 6. The summed E-state index contributed by atoms with van der Waals surface area (Å²) in [6, 6.07) is 0. The molecule has 0 saturated carbocycles. The number of aromatic amines is 1. The maximum Gasteiger partial charge on any atom is 0.280 e. The molecule has 8 nitrogen and oxygen atoms in total. The molecule has 16 heavy (non-hydrogen) atoms. The summed E-state index contributed by atoms with van der Waals surface area (Å²) in [6.07, 6.45) is 1.16. The summed E-state index contributed by atoms with van der Waals surface area (Å²) in [5.74, 6) is -0.148. The lowest BCUT2D eigenvalue weighted by molar-refractivity contribution is 0.0499. The number of H-pyrrole nitrogens is 1. The third-order valence-corrected chi connectivity index (χ3v) is 1.81. The van der Waals surface area contributed by atoms with Crippen LogP contribution in [0.4, 0.5) is 5.95 Å². The largest absolute Gasteiger partial charge is 0.394 e. The fourth-order valence-corrected chi connectivity index (χ4v) is 1.20. The van der Waals surface area contributed by atoms with Gasteiger partial charge in [-0.3, -0.25) is 14.3 Å². The zero-order valence-corrected chi connectivity index (χ0v) is 7.97. The summed E-state index contributed by atoms with van der Waals surface area (Å²) in [7, 11) is 0. The first-order valence-electron chi connectivity index (χ1n) is 6.19. The fourth-order valence-electron chi connectivity index (χ4n) is 1.20. The van der Waals surface area contributed by atoms with E-state index in [0.29, 0.717) is 0 Å². The Morgan fingerprint density at radius 1 is 1.75 bits per heavy atom. The van der Waals surface area contributed by atoms with Crippen LogP contribution in [0.3, 0.4) is 0 Å². The second kappa shape index (κ2) is 4.29. The van der Waals surface area contributed by atoms with Gasteiger partial charge in [0.05, 0.1) is 24.9 Å². The smallest absolute Gasteiger partial charge is 0.280 e. The summed E-state index contributed by atoms with van der Waals surface area (Å²) in [5.41, 5.74) is 4.86. The van der Waals surface area contributed by atoms with Crippen molar-refractivity contribution in [2.75, 3.05) is 18.9 Å². The van der Waals surface area contributed by atoms with E-state index < -0.39 is 25.4 Å². The van der Waals surface area contributed by atoms with Crippen LogP contribution < -0.4 is 11.3 Å². The molecule has 0 fully saturated rings. The first-order valence-corrected chi connectivity index (χ1v) is 4.19. The van der Waals surface area contributed by atoms with Crippen LogP contribution in [0.25, 0.3) is 11.2 Å². The van der Waals surface area contributed by atoms with Gasteiger partial charge in [0, 0.05) is 0 Å². The van der Waals surface area contributed by atoms with E-state index in [1.54, 1.807) is 0 Å². The molecule has 0 aliphatic carbocycles. The van der Waals surface area contributed by atoms with Crippen LogP contribution in [0.1, 0.15) is 5.48 Å². The van der Waals surface area contributed by atoms with Gasteiger partial charge in [0.15, 0.2) is 11.2 Å². The number of hydrogen-bond donors (Lipinski definition) is 3. The van der Waals surface area contributed by atoms with E-state index in [0.717, 1.165) is 10.9 Å². The molecule has 8 heteroatoms. The molecule has 0 radical (unpaired) electrons. The number of nitrogens with one attached hydrogen (secondary N) is 1. The number of aliphatic hydroxyl groups is 1. The summed E-state index contributed by atoms with van der Waals surface area (Å²) >= 11 is 0. The standard InChI is InChI=1S/C8H11N5O3/c9-8-11-6-5(7(15)12-8)10-3-13(6)4-16-2-1-14/h3,14H,1-2,4H2,(H3,9,11,12,15)/i1D2,2D2. The Hall–Kier alpha value is -1.93. The molecule has 0 amide bonds. The number of nitrogens with zero attached hydrogens (tertiary/aromatic N) is 3. The molecule has 0 atom stereocenters. The van der Waals surface area contributed by atoms with Gasteiger partial charge in [0.1, 0.15) is 6.73 Å². The summed E-state index contributed by atoms with van der Waals surface area (Å²) in [5, 5.41) is 8.99. The van der Waals surface area contributed by atoms with Crippen molar-refractivity contribution in [1.29, 1.82) is 0 Å². The number of aromatic nitrogens is 4. The first-order chi connectivity index (χ1) is 9.12. The topological polar surface area (TPSA) is 119 Å². The van der Waals surface area contributed by atoms with Crippen molar-refractivity contribution in [3.05, 3.63) is 16.7 Å². The van der Waals surface area contributed by atoms with E-state index in [4.69, 9.17) is 16.3 Å². The van der Waals surface area contributed by atoms with Crippen molar-refractivity contribution in [2.24, 2.45) is 0 Å². The summed E-state index contributed by atoms with van der Waals surface area (Å²) in [4.78, 5) is 21.3. The quantitative estimate of drug-likeness (QED) is 0.597. The van der Waals surface area contributed by atoms with Crippen LogP contribution in [0.2, 0.25) is 0 Å². The van der Waals surface area contributed by atoms with Gasteiger partial charge >= 0.3 is 0 Å². The van der Waals surface area contributed by atoms with Gasteiger partial charge < -0.3 is 15.6 Å². The number of nitrogens with two attached hydrogens (primary N) is 1. The Morgan fingerprint density at radius 2 is 2.56 bits per heavy atom. The molecule has 0 aromatic carbocycles. The lowest BCUT2D eigenvalue weighted by atomic mass is 10.5. The molecule has 2 rings (SSSR count). The van der Waals surface area contributed by atoms with Crippen molar-refractivity contribution in [3.8, 4) is 0 Å². The van der Waals surface area contributed by atoms with Crippen LogP contribution >= 0.6 is 0 Å². The first kappa shape index (κ1) is 6.61. The van der Waals surface area contributed by atoms with Crippen molar-refractivity contribution in [1.82, 2.24) is 19.5 Å². The molecule has 86 valence electrons. The number of imidazole rings is 1. The molecular weight excluding hydrogens is 214 g/mol. The number of ether oxygens (including phenoxy) is 1.